The van der Waals surface area contributed by atoms with Gasteiger partial charge >= 0.3 is 5.97 Å². The van der Waals surface area contributed by atoms with Crippen LogP contribution in [-0.4, -0.2) is 33.2 Å². The quantitative estimate of drug-likeness (QED) is 0.667. The Morgan fingerprint density at radius 1 is 1.62 bits per heavy atom. The molecule has 0 bridgehead atoms. The number of hydrogen-bond donors (Lipinski definition) is 1. The van der Waals surface area contributed by atoms with Crippen molar-refractivity contribution in [2.75, 3.05) is 21.2 Å². The van der Waals surface area contributed by atoms with Crippen LogP contribution in [0.15, 0.2) is 11.1 Å². The molecule has 1 N–H and O–H groups in total. The van der Waals surface area contributed by atoms with Gasteiger partial charge in [-0.2, -0.15) is 0 Å². The van der Waals surface area contributed by atoms with E-state index in [1.165, 1.54) is 7.11 Å². The van der Waals surface area contributed by atoms with Crippen molar-refractivity contribution < 1.29 is 14.4 Å². The Morgan fingerprint density at radius 3 is 2.46 bits per heavy atom. The topological polar surface area (TPSA) is 30.7 Å². The van der Waals surface area contributed by atoms with Crippen LogP contribution >= 0.6 is 11.6 Å². The Bertz CT molecular complexity index is 198. The smallest absolute Gasteiger partial charge is 0.364 e. The lowest BCUT2D eigenvalue weighted by atomic mass is 10.2. The molecule has 0 fully saturated rings. The van der Waals surface area contributed by atoms with Gasteiger partial charge in [-0.05, 0) is 6.92 Å². The molecule has 0 aromatic heterocycles. The van der Waals surface area contributed by atoms with E-state index in [4.69, 9.17) is 11.6 Å². The minimum absolute atomic E-state index is 0.168. The Balaban J connectivity index is 4.27. The highest BCUT2D eigenvalue weighted by atomic mass is 35.5. The third kappa shape index (κ3) is 4.90. The van der Waals surface area contributed by atoms with Crippen molar-refractivity contribution in [3.63, 3.8) is 0 Å². The molecular formula is C9H17ClNO2+. The average molecular weight is 207 g/mol. The van der Waals surface area contributed by atoms with Gasteiger partial charge in [0.05, 0.1) is 21.2 Å². The summed E-state index contributed by atoms with van der Waals surface area (Å²) in [6.45, 7) is 1.79. The van der Waals surface area contributed by atoms with Crippen LogP contribution in [0.25, 0.3) is 0 Å². The first-order valence-electron chi connectivity index (χ1n) is 4.19. The van der Waals surface area contributed by atoms with Gasteiger partial charge in [0.2, 0.25) is 0 Å². The van der Waals surface area contributed by atoms with E-state index in [1.807, 2.05) is 20.2 Å². The number of hydrogen-bond acceptors (Lipinski definition) is 2. The lowest BCUT2D eigenvalue weighted by molar-refractivity contribution is -0.876. The lowest BCUT2D eigenvalue weighted by Crippen LogP contribution is -3.11. The second kappa shape index (κ2) is 6.00. The third-order valence-electron chi connectivity index (χ3n) is 1.82. The van der Waals surface area contributed by atoms with Crippen LogP contribution in [0.4, 0.5) is 0 Å². The van der Waals surface area contributed by atoms with Crippen molar-refractivity contribution in [3.05, 3.63) is 11.1 Å². The largest absolute Gasteiger partial charge is 0.465 e. The van der Waals surface area contributed by atoms with E-state index in [0.29, 0.717) is 11.5 Å². The van der Waals surface area contributed by atoms with Crippen LogP contribution < -0.4 is 4.90 Å². The summed E-state index contributed by atoms with van der Waals surface area (Å²) in [7, 11) is 5.23. The fourth-order valence-corrected chi connectivity index (χ4v) is 1.08. The number of ether oxygens (including phenoxy) is 1. The number of likely N-dealkylation sites (N-methyl/N-ethyl adjacent to an activating group) is 1. The van der Waals surface area contributed by atoms with Crippen molar-refractivity contribution in [1.82, 2.24) is 0 Å². The van der Waals surface area contributed by atoms with Crippen LogP contribution in [-0.2, 0) is 9.53 Å². The van der Waals surface area contributed by atoms with Gasteiger partial charge in [0, 0.05) is 11.5 Å². The number of rotatable bonds is 4. The molecule has 76 valence electrons. The molecule has 3 nitrogen and oxygen atoms in total. The first-order valence-corrected chi connectivity index (χ1v) is 4.57. The Labute approximate surface area is 84.3 Å². The highest BCUT2D eigenvalue weighted by molar-refractivity contribution is 6.29. The molecule has 0 aliphatic heterocycles. The van der Waals surface area contributed by atoms with Gasteiger partial charge < -0.3 is 9.64 Å². The summed E-state index contributed by atoms with van der Waals surface area (Å²) < 4.78 is 4.67. The molecule has 0 aliphatic rings. The molecule has 0 amide bonds. The molecule has 1 unspecified atom stereocenters. The Hall–Kier alpha value is -0.540. The predicted molar refractivity (Wildman–Crippen MR) is 52.8 cm³/mol. The summed E-state index contributed by atoms with van der Waals surface area (Å²) >= 11 is 5.67. The van der Waals surface area contributed by atoms with E-state index in [-0.39, 0.29) is 12.0 Å². The van der Waals surface area contributed by atoms with E-state index in [1.54, 1.807) is 6.92 Å². The molecule has 0 radical (unpaired) electrons. The zero-order chi connectivity index (χ0) is 10.4. The van der Waals surface area contributed by atoms with Crippen molar-refractivity contribution in [2.24, 2.45) is 0 Å². The molecule has 13 heavy (non-hydrogen) atoms. The third-order valence-corrected chi connectivity index (χ3v) is 1.97. The number of allylic oxidation sites excluding steroid dienone is 1. The number of quaternary nitrogens is 1. The molecule has 0 saturated heterocycles. The number of carbonyl (C=O) groups excluding carboxylic acids is 1. The zero-order valence-electron chi connectivity index (χ0n) is 8.56. The molecule has 0 rings (SSSR count). The number of halogens is 1. The van der Waals surface area contributed by atoms with E-state index < -0.39 is 0 Å². The van der Waals surface area contributed by atoms with Crippen molar-refractivity contribution >= 4 is 17.6 Å². The summed E-state index contributed by atoms with van der Waals surface area (Å²) in [6.07, 6.45) is 2.44. The second-order valence-electron chi connectivity index (χ2n) is 3.18. The minimum Gasteiger partial charge on any atom is -0.465 e. The normalized spacial score (nSPS) is 14.5. The van der Waals surface area contributed by atoms with Gasteiger partial charge in [-0.3, -0.25) is 0 Å². The fraction of sp³-hybridized carbons (Fsp3) is 0.667. The van der Waals surface area contributed by atoms with Crippen LogP contribution in [0, 0.1) is 0 Å². The minimum atomic E-state index is -0.200. The summed E-state index contributed by atoms with van der Waals surface area (Å²) in [5.74, 6) is -0.200. The first-order chi connectivity index (χ1) is 5.99. The maximum absolute atomic E-state index is 11.3. The lowest BCUT2D eigenvalue weighted by Gasteiger charge is -2.17. The van der Waals surface area contributed by atoms with Gasteiger partial charge in [-0.15, -0.1) is 0 Å². The molecule has 0 aromatic rings. The molecule has 0 saturated carbocycles. The highest BCUT2D eigenvalue weighted by Crippen LogP contribution is 2.02. The first kappa shape index (κ1) is 12.5. The van der Waals surface area contributed by atoms with Gasteiger partial charge in [0.25, 0.3) is 0 Å². The number of carbonyl (C=O) groups is 1. The number of methoxy groups -OCH3 is 1. The molecule has 0 spiro atoms. The monoisotopic (exact) mass is 206 g/mol. The van der Waals surface area contributed by atoms with E-state index >= 15 is 0 Å². The zero-order valence-corrected chi connectivity index (χ0v) is 9.31. The predicted octanol–water partition coefficient (Wildman–Crippen LogP) is 0.205. The summed E-state index contributed by atoms with van der Waals surface area (Å²) in [4.78, 5) is 12.3. The van der Waals surface area contributed by atoms with E-state index in [0.717, 1.165) is 4.90 Å². The Morgan fingerprint density at radius 2 is 2.15 bits per heavy atom. The van der Waals surface area contributed by atoms with Gasteiger partial charge in [-0.1, -0.05) is 17.7 Å². The van der Waals surface area contributed by atoms with E-state index in [2.05, 4.69) is 4.74 Å². The summed E-state index contributed by atoms with van der Waals surface area (Å²) in [6, 6.07) is -0.168. The molecule has 4 heteroatoms. The average Bonchev–Trinajstić information content (AvgIpc) is 2.03. The molecule has 0 aromatic carbocycles. The Kier molecular flexibility index (Phi) is 5.75. The van der Waals surface area contributed by atoms with Crippen molar-refractivity contribution in [2.45, 2.75) is 19.4 Å². The number of esters is 1. The summed E-state index contributed by atoms with van der Waals surface area (Å²) in [5.41, 5.74) is 0. The van der Waals surface area contributed by atoms with Gasteiger partial charge in [-0.25, -0.2) is 4.79 Å². The van der Waals surface area contributed by atoms with Crippen LogP contribution in [0.3, 0.4) is 0 Å². The van der Waals surface area contributed by atoms with E-state index in [9.17, 15) is 4.79 Å². The fourth-order valence-electron chi connectivity index (χ4n) is 0.990. The maximum Gasteiger partial charge on any atom is 0.364 e. The van der Waals surface area contributed by atoms with Crippen LogP contribution in [0.1, 0.15) is 13.3 Å². The number of nitrogens with one attached hydrogen (secondary N) is 1. The van der Waals surface area contributed by atoms with Crippen molar-refractivity contribution in [3.8, 4) is 0 Å². The SMILES string of the molecule is COC(=O)C(C/C=C(/C)Cl)[NH+](C)C. The molecular weight excluding hydrogens is 190 g/mol. The molecule has 1 atom stereocenters. The van der Waals surface area contributed by atoms with Crippen LogP contribution in [0.2, 0.25) is 0 Å². The van der Waals surface area contributed by atoms with Crippen molar-refractivity contribution in [1.29, 1.82) is 0 Å². The second-order valence-corrected chi connectivity index (χ2v) is 3.78. The summed E-state index contributed by atoms with van der Waals surface area (Å²) in [5, 5.41) is 0.704. The van der Waals surface area contributed by atoms with Gasteiger partial charge in [0.1, 0.15) is 0 Å². The van der Waals surface area contributed by atoms with Crippen LogP contribution in [0.5, 0.6) is 0 Å². The maximum atomic E-state index is 11.3. The van der Waals surface area contributed by atoms with Gasteiger partial charge in [0.15, 0.2) is 6.04 Å². The molecule has 0 heterocycles. The molecule has 0 aliphatic carbocycles. The standard InChI is InChI=1S/C9H16ClNO2/c1-7(10)5-6-8(11(2)3)9(12)13-4/h5,8H,6H2,1-4H3/p+1/b7-5-. The highest BCUT2D eigenvalue weighted by Gasteiger charge is 2.23.